The van der Waals surface area contributed by atoms with E-state index in [1.807, 2.05) is 18.2 Å². The van der Waals surface area contributed by atoms with E-state index in [4.69, 9.17) is 14.4 Å². The molecule has 11 aromatic rings. The number of aromatic nitrogens is 2. The SMILES string of the molecule is c1ccc(-c2cc(-c3ccc4oc5ccccc5c4c3)cc(-c3cc(-c4cccc5c4C(c4ccccc4)(c4ccccc4)c4ccccc4-5)nc(-c4ccccc4)n3)c2)cc1. The number of nitrogens with zero attached hydrogens (tertiary/aromatic N) is 2. The molecule has 0 saturated heterocycles. The maximum Gasteiger partial charge on any atom is 0.160 e. The number of hydrogen-bond donors (Lipinski definition) is 0. The quantitative estimate of drug-likeness (QED) is 0.161. The van der Waals surface area contributed by atoms with Gasteiger partial charge >= 0.3 is 0 Å². The van der Waals surface area contributed by atoms with Gasteiger partial charge in [0.05, 0.1) is 16.8 Å². The first-order valence-electron chi connectivity index (χ1n) is 21.1. The zero-order valence-electron chi connectivity index (χ0n) is 33.7. The second-order valence-corrected chi connectivity index (χ2v) is 16.1. The Morgan fingerprint density at radius 3 is 1.61 bits per heavy atom. The molecule has 2 aromatic heterocycles. The zero-order valence-corrected chi connectivity index (χ0v) is 33.7. The monoisotopic (exact) mass is 790 g/mol. The molecule has 0 fully saturated rings. The van der Waals surface area contributed by atoms with E-state index in [2.05, 4.69) is 212 Å². The Kier molecular flexibility index (Phi) is 8.39. The number of fused-ring (bicyclic) bond motifs is 6. The van der Waals surface area contributed by atoms with Crippen LogP contribution in [0.3, 0.4) is 0 Å². The van der Waals surface area contributed by atoms with Crippen molar-refractivity contribution in [1.29, 1.82) is 0 Å². The van der Waals surface area contributed by atoms with Gasteiger partial charge in [0.1, 0.15) is 11.2 Å². The lowest BCUT2D eigenvalue weighted by Gasteiger charge is -2.35. The van der Waals surface area contributed by atoms with Gasteiger partial charge in [-0.1, -0.05) is 188 Å². The lowest BCUT2D eigenvalue weighted by atomic mass is 9.66. The molecule has 290 valence electrons. The second-order valence-electron chi connectivity index (χ2n) is 16.1. The highest BCUT2D eigenvalue weighted by Crippen LogP contribution is 2.58. The smallest absolute Gasteiger partial charge is 0.160 e. The Hall–Kier alpha value is -8.14. The van der Waals surface area contributed by atoms with Crippen LogP contribution in [0.1, 0.15) is 22.3 Å². The molecule has 0 amide bonds. The predicted molar refractivity (Wildman–Crippen MR) is 254 cm³/mol. The Balaban J connectivity index is 1.13. The summed E-state index contributed by atoms with van der Waals surface area (Å²) in [7, 11) is 0. The molecular weight excluding hydrogens is 753 g/mol. The fourth-order valence-electron chi connectivity index (χ4n) is 9.81. The highest BCUT2D eigenvalue weighted by molar-refractivity contribution is 6.06. The van der Waals surface area contributed by atoms with Crippen molar-refractivity contribution in [1.82, 2.24) is 9.97 Å². The number of para-hydroxylation sites is 1. The molecule has 12 rings (SSSR count). The van der Waals surface area contributed by atoms with Gasteiger partial charge in [-0.05, 0) is 98.1 Å². The normalized spacial score (nSPS) is 12.6. The van der Waals surface area contributed by atoms with Gasteiger partial charge in [-0.15, -0.1) is 0 Å². The summed E-state index contributed by atoms with van der Waals surface area (Å²) in [5, 5.41) is 2.20. The molecule has 2 heterocycles. The van der Waals surface area contributed by atoms with Gasteiger partial charge in [0.15, 0.2) is 5.82 Å². The Morgan fingerprint density at radius 1 is 0.323 bits per heavy atom. The van der Waals surface area contributed by atoms with Gasteiger partial charge in [0, 0.05) is 27.5 Å². The van der Waals surface area contributed by atoms with Gasteiger partial charge in [-0.2, -0.15) is 0 Å². The van der Waals surface area contributed by atoms with Gasteiger partial charge < -0.3 is 4.42 Å². The number of rotatable bonds is 7. The van der Waals surface area contributed by atoms with Crippen LogP contribution >= 0.6 is 0 Å². The van der Waals surface area contributed by atoms with Gasteiger partial charge in [0.2, 0.25) is 0 Å². The minimum absolute atomic E-state index is 0.598. The van der Waals surface area contributed by atoms with Crippen LogP contribution in [-0.4, -0.2) is 9.97 Å². The van der Waals surface area contributed by atoms with E-state index in [0.717, 1.165) is 72.3 Å². The lowest BCUT2D eigenvalue weighted by molar-refractivity contribution is 0.669. The molecular formula is C59H38N2O. The van der Waals surface area contributed by atoms with Crippen molar-refractivity contribution < 1.29 is 4.42 Å². The molecule has 0 bridgehead atoms. The molecule has 3 nitrogen and oxygen atoms in total. The fraction of sp³-hybridized carbons (Fsp3) is 0.0169. The van der Waals surface area contributed by atoms with Crippen molar-refractivity contribution in [3.63, 3.8) is 0 Å². The maximum absolute atomic E-state index is 6.25. The van der Waals surface area contributed by atoms with E-state index >= 15 is 0 Å². The van der Waals surface area contributed by atoms with Crippen LogP contribution in [0.5, 0.6) is 0 Å². The third-order valence-corrected chi connectivity index (χ3v) is 12.6. The molecule has 9 aromatic carbocycles. The summed E-state index contributed by atoms with van der Waals surface area (Å²) in [5.74, 6) is 0.675. The van der Waals surface area contributed by atoms with Crippen LogP contribution in [-0.2, 0) is 5.41 Å². The molecule has 0 atom stereocenters. The van der Waals surface area contributed by atoms with Crippen LogP contribution in [0, 0.1) is 0 Å². The molecule has 1 aliphatic rings. The molecule has 62 heavy (non-hydrogen) atoms. The number of furan rings is 1. The number of hydrogen-bond acceptors (Lipinski definition) is 3. The van der Waals surface area contributed by atoms with E-state index in [1.165, 1.54) is 33.4 Å². The fourth-order valence-corrected chi connectivity index (χ4v) is 9.81. The minimum Gasteiger partial charge on any atom is -0.456 e. The molecule has 0 aliphatic heterocycles. The van der Waals surface area contributed by atoms with Crippen molar-refractivity contribution in [2.75, 3.05) is 0 Å². The van der Waals surface area contributed by atoms with Crippen molar-refractivity contribution in [3.8, 4) is 67.3 Å². The summed E-state index contributed by atoms with van der Waals surface area (Å²) in [6.45, 7) is 0. The van der Waals surface area contributed by atoms with Crippen molar-refractivity contribution >= 4 is 21.9 Å². The summed E-state index contributed by atoms with van der Waals surface area (Å²) >= 11 is 0. The third-order valence-electron chi connectivity index (χ3n) is 12.6. The van der Waals surface area contributed by atoms with E-state index in [0.29, 0.717) is 5.82 Å². The van der Waals surface area contributed by atoms with Gasteiger partial charge in [-0.3, -0.25) is 0 Å². The van der Waals surface area contributed by atoms with E-state index < -0.39 is 5.41 Å². The molecule has 0 unspecified atom stereocenters. The first kappa shape index (κ1) is 35.8. The Bertz CT molecular complexity index is 3410. The number of benzene rings is 9. The highest BCUT2D eigenvalue weighted by Gasteiger charge is 2.47. The zero-order chi connectivity index (χ0) is 41.0. The van der Waals surface area contributed by atoms with E-state index in [1.54, 1.807) is 0 Å². The van der Waals surface area contributed by atoms with Crippen LogP contribution in [0.4, 0.5) is 0 Å². The molecule has 3 heteroatoms. The van der Waals surface area contributed by atoms with Gasteiger partial charge in [0.25, 0.3) is 0 Å². The van der Waals surface area contributed by atoms with Crippen LogP contribution in [0.15, 0.2) is 235 Å². The van der Waals surface area contributed by atoms with Crippen molar-refractivity contribution in [2.45, 2.75) is 5.41 Å². The maximum atomic E-state index is 6.25. The molecule has 1 aliphatic carbocycles. The van der Waals surface area contributed by atoms with E-state index in [9.17, 15) is 0 Å². The molecule has 0 radical (unpaired) electrons. The average molecular weight is 791 g/mol. The standard InChI is InChI=1S/C59H38N2O/c1-5-18-39(19-6-1)42-34-43(41-32-33-56-51(37-41)48-27-14-16-31-55(48)62-56)36-44(35-42)53-38-54(61-58(60-53)40-20-7-2-8-21-40)50-29-17-28-49-47-26-13-15-30-52(47)59(57(49)50,45-22-9-3-10-23-45)46-24-11-4-12-25-46/h1-38H. The summed E-state index contributed by atoms with van der Waals surface area (Å²) in [6, 6.07) is 82.3. The molecule has 0 N–H and O–H groups in total. The van der Waals surface area contributed by atoms with Crippen molar-refractivity contribution in [2.24, 2.45) is 0 Å². The summed E-state index contributed by atoms with van der Waals surface area (Å²) in [6.07, 6.45) is 0. The van der Waals surface area contributed by atoms with Crippen LogP contribution in [0.2, 0.25) is 0 Å². The van der Waals surface area contributed by atoms with E-state index in [-0.39, 0.29) is 0 Å². The van der Waals surface area contributed by atoms with Crippen LogP contribution < -0.4 is 0 Å². The molecule has 0 saturated carbocycles. The highest BCUT2D eigenvalue weighted by atomic mass is 16.3. The average Bonchev–Trinajstić information content (AvgIpc) is 3.88. The first-order chi connectivity index (χ1) is 30.7. The topological polar surface area (TPSA) is 38.9 Å². The molecule has 0 spiro atoms. The minimum atomic E-state index is -0.598. The second kappa shape index (κ2) is 14.5. The largest absolute Gasteiger partial charge is 0.456 e. The summed E-state index contributed by atoms with van der Waals surface area (Å²) in [4.78, 5) is 10.9. The van der Waals surface area contributed by atoms with Crippen LogP contribution in [0.25, 0.3) is 89.2 Å². The predicted octanol–water partition coefficient (Wildman–Crippen LogP) is 15.1. The summed E-state index contributed by atoms with van der Waals surface area (Å²) < 4.78 is 6.25. The third kappa shape index (κ3) is 5.74. The first-order valence-corrected chi connectivity index (χ1v) is 21.1. The van der Waals surface area contributed by atoms with Crippen molar-refractivity contribution in [3.05, 3.63) is 253 Å². The summed E-state index contributed by atoms with van der Waals surface area (Å²) in [5.41, 5.74) is 17.7. The van der Waals surface area contributed by atoms with Gasteiger partial charge in [-0.25, -0.2) is 9.97 Å². The lowest BCUT2D eigenvalue weighted by Crippen LogP contribution is -2.29. The Morgan fingerprint density at radius 2 is 0.871 bits per heavy atom. The Labute approximate surface area is 360 Å².